The van der Waals surface area contributed by atoms with E-state index in [9.17, 15) is 14.7 Å². The van der Waals surface area contributed by atoms with E-state index in [2.05, 4.69) is 21.8 Å². The first-order valence-corrected chi connectivity index (χ1v) is 8.33. The van der Waals surface area contributed by atoms with Crippen LogP contribution in [-0.2, 0) is 4.79 Å². The molecule has 0 bridgehead atoms. The molecule has 1 saturated carbocycles. The van der Waals surface area contributed by atoms with E-state index in [1.165, 1.54) is 0 Å². The number of fused-ring (bicyclic) bond motifs is 2. The van der Waals surface area contributed by atoms with Crippen LogP contribution < -0.4 is 5.32 Å². The molecule has 7 heteroatoms. The van der Waals surface area contributed by atoms with Crippen molar-refractivity contribution in [3.63, 3.8) is 0 Å². The van der Waals surface area contributed by atoms with Crippen molar-refractivity contribution in [1.29, 1.82) is 0 Å². The molecule has 124 valence electrons. The van der Waals surface area contributed by atoms with Gasteiger partial charge in [-0.15, -0.1) is 0 Å². The number of carboxylic acid groups (broad SMARTS) is 1. The number of aliphatic carboxylic acids is 1. The Hall–Kier alpha value is -2.05. The molecular formula is C16H22N4O3. The zero-order valence-corrected chi connectivity index (χ0v) is 13.2. The number of urea groups is 1. The zero-order valence-electron chi connectivity index (χ0n) is 13.2. The monoisotopic (exact) mass is 318 g/mol. The molecule has 0 radical (unpaired) electrons. The van der Waals surface area contributed by atoms with Crippen LogP contribution in [0, 0.1) is 11.3 Å². The Morgan fingerprint density at radius 1 is 1.48 bits per heavy atom. The summed E-state index contributed by atoms with van der Waals surface area (Å²) in [7, 11) is 0. The SMILES string of the molecule is CC1CC(NC(=O)N2C[C@@H]3CCC[C@@]3(C(=O)O)C2)c2nccn21. The molecule has 0 aromatic carbocycles. The third-order valence-electron chi connectivity index (χ3n) is 5.94. The van der Waals surface area contributed by atoms with Crippen molar-refractivity contribution in [3.05, 3.63) is 18.2 Å². The Morgan fingerprint density at radius 2 is 2.30 bits per heavy atom. The highest BCUT2D eigenvalue weighted by atomic mass is 16.4. The predicted molar refractivity (Wildman–Crippen MR) is 81.8 cm³/mol. The number of carbonyl (C=O) groups is 2. The number of hydrogen-bond donors (Lipinski definition) is 2. The average Bonchev–Trinajstić information content (AvgIpc) is 3.21. The summed E-state index contributed by atoms with van der Waals surface area (Å²) in [6, 6.07) is 0.0727. The summed E-state index contributed by atoms with van der Waals surface area (Å²) in [4.78, 5) is 30.4. The second-order valence-electron chi connectivity index (χ2n) is 7.21. The molecule has 4 atom stereocenters. The molecular weight excluding hydrogens is 296 g/mol. The highest BCUT2D eigenvalue weighted by Gasteiger charge is 2.56. The minimum Gasteiger partial charge on any atom is -0.481 e. The standard InChI is InChI=1S/C16H22N4O3/c1-10-7-12(13-17-5-6-20(10)13)18-15(23)19-8-11-3-2-4-16(11,9-19)14(21)22/h5-6,10-12H,2-4,7-9H2,1H3,(H,18,23)(H,21,22)/t10?,11-,12?,16+/m0/s1. The van der Waals surface area contributed by atoms with Gasteiger partial charge in [-0.2, -0.15) is 0 Å². The number of imidazole rings is 1. The highest BCUT2D eigenvalue weighted by Crippen LogP contribution is 2.49. The molecule has 1 aromatic heterocycles. The molecule has 0 spiro atoms. The van der Waals surface area contributed by atoms with Crippen LogP contribution in [0.2, 0.25) is 0 Å². The smallest absolute Gasteiger partial charge is 0.318 e. The van der Waals surface area contributed by atoms with E-state index in [0.29, 0.717) is 25.6 Å². The molecule has 3 heterocycles. The first kappa shape index (κ1) is 14.5. The number of carboxylic acids is 1. The lowest BCUT2D eigenvalue weighted by Crippen LogP contribution is -2.42. The molecule has 4 rings (SSSR count). The van der Waals surface area contributed by atoms with E-state index in [4.69, 9.17) is 0 Å². The Bertz CT molecular complexity index is 658. The molecule has 3 aliphatic rings. The summed E-state index contributed by atoms with van der Waals surface area (Å²) in [5.41, 5.74) is -0.723. The second kappa shape index (κ2) is 4.97. The second-order valence-corrected chi connectivity index (χ2v) is 7.21. The first-order chi connectivity index (χ1) is 11.0. The van der Waals surface area contributed by atoms with Crippen molar-refractivity contribution >= 4 is 12.0 Å². The predicted octanol–water partition coefficient (Wildman–Crippen LogP) is 1.79. The van der Waals surface area contributed by atoms with Crippen LogP contribution in [0.1, 0.15) is 50.5 Å². The van der Waals surface area contributed by atoms with Crippen LogP contribution in [-0.4, -0.2) is 44.6 Å². The summed E-state index contributed by atoms with van der Waals surface area (Å²) in [6.45, 7) is 2.99. The summed E-state index contributed by atoms with van der Waals surface area (Å²) in [6.07, 6.45) is 7.05. The fourth-order valence-corrected chi connectivity index (χ4v) is 4.68. The largest absolute Gasteiger partial charge is 0.481 e. The lowest BCUT2D eigenvalue weighted by molar-refractivity contribution is -0.149. The molecule has 1 aliphatic carbocycles. The Labute approximate surface area is 134 Å². The van der Waals surface area contributed by atoms with Crippen LogP contribution in [0.5, 0.6) is 0 Å². The Morgan fingerprint density at radius 3 is 3.04 bits per heavy atom. The minimum absolute atomic E-state index is 0.0891. The van der Waals surface area contributed by atoms with E-state index in [-0.39, 0.29) is 18.0 Å². The third kappa shape index (κ3) is 2.05. The van der Waals surface area contributed by atoms with Crippen molar-refractivity contribution in [2.45, 2.75) is 44.7 Å². The summed E-state index contributed by atoms with van der Waals surface area (Å²) < 4.78 is 2.09. The van der Waals surface area contributed by atoms with Gasteiger partial charge in [0.2, 0.25) is 0 Å². The van der Waals surface area contributed by atoms with Gasteiger partial charge in [-0.05, 0) is 32.1 Å². The van der Waals surface area contributed by atoms with Gasteiger partial charge in [-0.25, -0.2) is 9.78 Å². The van der Waals surface area contributed by atoms with E-state index in [0.717, 1.165) is 25.1 Å². The maximum atomic E-state index is 12.6. The normalized spacial score (nSPS) is 35.2. The van der Waals surface area contributed by atoms with Crippen LogP contribution in [0.15, 0.2) is 12.4 Å². The molecule has 2 N–H and O–H groups in total. The van der Waals surface area contributed by atoms with Gasteiger partial charge in [0.1, 0.15) is 5.82 Å². The number of likely N-dealkylation sites (tertiary alicyclic amines) is 1. The van der Waals surface area contributed by atoms with Crippen LogP contribution in [0.25, 0.3) is 0 Å². The molecule has 1 saturated heterocycles. The summed E-state index contributed by atoms with van der Waals surface area (Å²) in [5.74, 6) is 0.230. The number of nitrogens with zero attached hydrogens (tertiary/aromatic N) is 3. The van der Waals surface area contributed by atoms with E-state index >= 15 is 0 Å². The quantitative estimate of drug-likeness (QED) is 0.870. The fraction of sp³-hybridized carbons (Fsp3) is 0.688. The topological polar surface area (TPSA) is 87.5 Å². The van der Waals surface area contributed by atoms with Gasteiger partial charge in [0.25, 0.3) is 0 Å². The first-order valence-electron chi connectivity index (χ1n) is 8.33. The average molecular weight is 318 g/mol. The lowest BCUT2D eigenvalue weighted by Gasteiger charge is -2.24. The number of aromatic nitrogens is 2. The molecule has 2 aliphatic heterocycles. The van der Waals surface area contributed by atoms with Crippen molar-refractivity contribution in [2.24, 2.45) is 11.3 Å². The van der Waals surface area contributed by atoms with Crippen molar-refractivity contribution in [1.82, 2.24) is 19.8 Å². The third-order valence-corrected chi connectivity index (χ3v) is 5.94. The number of carbonyl (C=O) groups excluding carboxylic acids is 1. The van der Waals surface area contributed by atoms with Crippen molar-refractivity contribution in [3.8, 4) is 0 Å². The zero-order chi connectivity index (χ0) is 16.2. The molecule has 2 amide bonds. The molecule has 2 unspecified atom stereocenters. The van der Waals surface area contributed by atoms with Gasteiger partial charge in [-0.1, -0.05) is 6.42 Å². The van der Waals surface area contributed by atoms with Gasteiger partial charge in [-0.3, -0.25) is 4.79 Å². The number of hydrogen-bond acceptors (Lipinski definition) is 3. The maximum Gasteiger partial charge on any atom is 0.318 e. The Balaban J connectivity index is 1.47. The van der Waals surface area contributed by atoms with Crippen LogP contribution in [0.4, 0.5) is 4.79 Å². The summed E-state index contributed by atoms with van der Waals surface area (Å²) >= 11 is 0. The molecule has 1 aromatic rings. The van der Waals surface area contributed by atoms with Crippen molar-refractivity contribution in [2.75, 3.05) is 13.1 Å². The Kier molecular flexibility index (Phi) is 3.14. The fourth-order valence-electron chi connectivity index (χ4n) is 4.68. The number of amides is 2. The highest BCUT2D eigenvalue weighted by molar-refractivity contribution is 5.80. The van der Waals surface area contributed by atoms with Gasteiger partial charge in [0, 0.05) is 31.5 Å². The van der Waals surface area contributed by atoms with Crippen LogP contribution in [0.3, 0.4) is 0 Å². The maximum absolute atomic E-state index is 12.6. The molecule has 2 fully saturated rings. The molecule has 23 heavy (non-hydrogen) atoms. The van der Waals surface area contributed by atoms with E-state index in [1.54, 1.807) is 11.1 Å². The van der Waals surface area contributed by atoms with E-state index < -0.39 is 11.4 Å². The van der Waals surface area contributed by atoms with E-state index in [1.807, 2.05) is 6.20 Å². The van der Waals surface area contributed by atoms with Crippen molar-refractivity contribution < 1.29 is 14.7 Å². The van der Waals surface area contributed by atoms with Gasteiger partial charge in [0.15, 0.2) is 0 Å². The van der Waals surface area contributed by atoms with Gasteiger partial charge in [0.05, 0.1) is 11.5 Å². The minimum atomic E-state index is -0.750. The summed E-state index contributed by atoms with van der Waals surface area (Å²) in [5, 5.41) is 12.7. The molecule has 7 nitrogen and oxygen atoms in total. The van der Waals surface area contributed by atoms with Crippen LogP contribution >= 0.6 is 0 Å². The lowest BCUT2D eigenvalue weighted by atomic mass is 9.81. The number of nitrogens with one attached hydrogen (secondary N) is 1. The van der Waals surface area contributed by atoms with Gasteiger partial charge < -0.3 is 19.9 Å². The number of rotatable bonds is 2. The van der Waals surface area contributed by atoms with Gasteiger partial charge >= 0.3 is 12.0 Å².